The Labute approximate surface area is 82.6 Å². The number of rotatable bonds is 5. The third kappa shape index (κ3) is 7.13. The van der Waals surface area contributed by atoms with Gasteiger partial charge in [0.05, 0.1) is 6.10 Å². The van der Waals surface area contributed by atoms with Crippen LogP contribution in [0.4, 0.5) is 0 Å². The van der Waals surface area contributed by atoms with Crippen LogP contribution in [0.15, 0.2) is 0 Å². The van der Waals surface area contributed by atoms with Crippen molar-refractivity contribution in [1.29, 1.82) is 0 Å². The molecule has 74 valence electrons. The molecular weight excluding hydrogens is 188 g/mol. The molecule has 0 radical (unpaired) electrons. The zero-order chi connectivity index (χ0) is 9.78. The number of hydrogen-bond acceptors (Lipinski definition) is 1. The Balaban J connectivity index is 3.83. The van der Waals surface area contributed by atoms with Crippen LogP contribution >= 0.6 is 11.6 Å². The first-order chi connectivity index (χ1) is 5.35. The van der Waals surface area contributed by atoms with Gasteiger partial charge in [0, 0.05) is 5.88 Å². The zero-order valence-electron chi connectivity index (χ0n) is 8.86. The Morgan fingerprint density at radius 1 is 1.25 bits per heavy atom. The van der Waals surface area contributed by atoms with E-state index in [9.17, 15) is 0 Å². The molecular formula is C9H21ClOSi. The van der Waals surface area contributed by atoms with Gasteiger partial charge in [0.15, 0.2) is 8.32 Å². The van der Waals surface area contributed by atoms with E-state index in [0.717, 1.165) is 6.42 Å². The van der Waals surface area contributed by atoms with E-state index >= 15 is 0 Å². The Morgan fingerprint density at radius 3 is 2.00 bits per heavy atom. The summed E-state index contributed by atoms with van der Waals surface area (Å²) < 4.78 is 5.90. The third-order valence-corrected chi connectivity index (χ3v) is 2.81. The molecule has 0 aromatic heterocycles. The van der Waals surface area contributed by atoms with Crippen LogP contribution in [0.3, 0.4) is 0 Å². The molecule has 0 spiro atoms. The molecule has 1 nitrogen and oxygen atoms in total. The number of hydrogen-bond donors (Lipinski definition) is 0. The van der Waals surface area contributed by atoms with Crippen molar-refractivity contribution >= 4 is 19.9 Å². The van der Waals surface area contributed by atoms with Crippen LogP contribution in [-0.4, -0.2) is 20.3 Å². The van der Waals surface area contributed by atoms with E-state index < -0.39 is 8.32 Å². The van der Waals surface area contributed by atoms with Gasteiger partial charge in [-0.15, -0.1) is 11.6 Å². The van der Waals surface area contributed by atoms with Gasteiger partial charge in [-0.05, 0) is 32.0 Å². The van der Waals surface area contributed by atoms with Crippen molar-refractivity contribution in [2.45, 2.75) is 46.0 Å². The molecule has 0 aromatic carbocycles. The van der Waals surface area contributed by atoms with Crippen LogP contribution < -0.4 is 0 Å². The Hall–Kier alpha value is 0.467. The molecule has 12 heavy (non-hydrogen) atoms. The maximum atomic E-state index is 5.90. The molecule has 0 aliphatic rings. The molecule has 0 rings (SSSR count). The minimum atomic E-state index is -1.39. The second-order valence-corrected chi connectivity index (χ2v) is 9.41. The largest absolute Gasteiger partial charge is 0.414 e. The molecule has 0 amide bonds. The topological polar surface area (TPSA) is 9.23 Å². The van der Waals surface area contributed by atoms with Gasteiger partial charge in [-0.25, -0.2) is 0 Å². The van der Waals surface area contributed by atoms with Gasteiger partial charge < -0.3 is 4.43 Å². The Kier molecular flexibility index (Phi) is 5.46. The molecule has 0 saturated carbocycles. The summed E-state index contributed by atoms with van der Waals surface area (Å²) in [6, 6.07) is 0. The summed E-state index contributed by atoms with van der Waals surface area (Å²) in [6.45, 7) is 11.0. The average molecular weight is 209 g/mol. The molecule has 0 aliphatic carbocycles. The molecule has 0 saturated heterocycles. The van der Waals surface area contributed by atoms with Crippen LogP contribution in [0.2, 0.25) is 19.6 Å². The van der Waals surface area contributed by atoms with Crippen molar-refractivity contribution in [3.8, 4) is 0 Å². The second-order valence-electron chi connectivity index (χ2n) is 4.64. The maximum absolute atomic E-state index is 5.90. The highest BCUT2D eigenvalue weighted by Crippen LogP contribution is 2.15. The van der Waals surface area contributed by atoms with Gasteiger partial charge in [0.25, 0.3) is 0 Å². The van der Waals surface area contributed by atoms with Crippen molar-refractivity contribution in [3.63, 3.8) is 0 Å². The predicted molar refractivity (Wildman–Crippen MR) is 58.4 cm³/mol. The summed E-state index contributed by atoms with van der Waals surface area (Å²) in [7, 11) is -1.39. The van der Waals surface area contributed by atoms with Gasteiger partial charge >= 0.3 is 0 Å². The lowest BCUT2D eigenvalue weighted by molar-refractivity contribution is 0.189. The van der Waals surface area contributed by atoms with Crippen LogP contribution in [-0.2, 0) is 4.43 Å². The molecule has 0 N–H and O–H groups in total. The summed E-state index contributed by atoms with van der Waals surface area (Å²) in [5.41, 5.74) is 0. The molecule has 0 heterocycles. The highest BCUT2D eigenvalue weighted by atomic mass is 35.5. The van der Waals surface area contributed by atoms with Crippen LogP contribution in [0.5, 0.6) is 0 Å². The first kappa shape index (κ1) is 12.5. The Morgan fingerprint density at radius 2 is 1.75 bits per heavy atom. The van der Waals surface area contributed by atoms with Gasteiger partial charge in [-0.2, -0.15) is 0 Å². The van der Waals surface area contributed by atoms with Gasteiger partial charge in [0.2, 0.25) is 0 Å². The second kappa shape index (κ2) is 5.25. The lowest BCUT2D eigenvalue weighted by Gasteiger charge is -2.26. The standard InChI is InChI=1S/C9H21ClOSi/c1-8(2)6-9(7-10)11-12(3,4)5/h8-9H,6-7H2,1-5H3/t9-/m0/s1. The first-order valence-electron chi connectivity index (χ1n) is 4.59. The minimum absolute atomic E-state index is 0.262. The number of halogens is 1. The maximum Gasteiger partial charge on any atom is 0.184 e. The van der Waals surface area contributed by atoms with E-state index in [-0.39, 0.29) is 6.10 Å². The van der Waals surface area contributed by atoms with Crippen molar-refractivity contribution in [2.24, 2.45) is 5.92 Å². The fourth-order valence-electron chi connectivity index (χ4n) is 1.17. The highest BCUT2D eigenvalue weighted by Gasteiger charge is 2.20. The summed E-state index contributed by atoms with van der Waals surface area (Å²) in [5.74, 6) is 1.30. The minimum Gasteiger partial charge on any atom is -0.414 e. The van der Waals surface area contributed by atoms with Gasteiger partial charge in [0.1, 0.15) is 0 Å². The molecule has 0 bridgehead atoms. The lowest BCUT2D eigenvalue weighted by atomic mass is 10.1. The van der Waals surface area contributed by atoms with E-state index in [4.69, 9.17) is 16.0 Å². The van der Waals surface area contributed by atoms with Crippen LogP contribution in [0, 0.1) is 5.92 Å². The fraction of sp³-hybridized carbons (Fsp3) is 1.00. The van der Waals surface area contributed by atoms with Crippen molar-refractivity contribution in [3.05, 3.63) is 0 Å². The zero-order valence-corrected chi connectivity index (χ0v) is 10.6. The molecule has 0 aromatic rings. The smallest absolute Gasteiger partial charge is 0.184 e. The third-order valence-electron chi connectivity index (χ3n) is 1.43. The van der Waals surface area contributed by atoms with Crippen LogP contribution in [0.25, 0.3) is 0 Å². The summed E-state index contributed by atoms with van der Waals surface area (Å²) >= 11 is 5.81. The van der Waals surface area contributed by atoms with E-state index in [1.165, 1.54) is 0 Å². The molecule has 1 atom stereocenters. The first-order valence-corrected chi connectivity index (χ1v) is 8.53. The molecule has 0 unspecified atom stereocenters. The monoisotopic (exact) mass is 208 g/mol. The molecule has 0 aliphatic heterocycles. The summed E-state index contributed by atoms with van der Waals surface area (Å²) in [5, 5.41) is 0. The van der Waals surface area contributed by atoms with E-state index in [2.05, 4.69) is 33.5 Å². The van der Waals surface area contributed by atoms with E-state index in [0.29, 0.717) is 11.8 Å². The van der Waals surface area contributed by atoms with E-state index in [1.54, 1.807) is 0 Å². The predicted octanol–water partition coefficient (Wildman–Crippen LogP) is 3.49. The summed E-state index contributed by atoms with van der Waals surface area (Å²) in [6.07, 6.45) is 1.34. The van der Waals surface area contributed by atoms with Crippen molar-refractivity contribution in [2.75, 3.05) is 5.88 Å². The van der Waals surface area contributed by atoms with E-state index in [1.807, 2.05) is 0 Å². The molecule has 0 fully saturated rings. The number of alkyl halides is 1. The quantitative estimate of drug-likeness (QED) is 0.497. The fourth-order valence-corrected chi connectivity index (χ4v) is 2.64. The average Bonchev–Trinajstić information content (AvgIpc) is 1.82. The lowest BCUT2D eigenvalue weighted by Crippen LogP contribution is -2.33. The van der Waals surface area contributed by atoms with Gasteiger partial charge in [-0.3, -0.25) is 0 Å². The highest BCUT2D eigenvalue weighted by molar-refractivity contribution is 6.69. The van der Waals surface area contributed by atoms with Gasteiger partial charge in [-0.1, -0.05) is 13.8 Å². The molecule has 3 heteroatoms. The SMILES string of the molecule is CC(C)C[C@@H](CCl)O[Si](C)(C)C. The Bertz CT molecular complexity index is 120. The summed E-state index contributed by atoms with van der Waals surface area (Å²) in [4.78, 5) is 0. The normalized spacial score (nSPS) is 15.2. The van der Waals surface area contributed by atoms with Crippen molar-refractivity contribution < 1.29 is 4.43 Å². The van der Waals surface area contributed by atoms with Crippen molar-refractivity contribution in [1.82, 2.24) is 0 Å². The van der Waals surface area contributed by atoms with Crippen LogP contribution in [0.1, 0.15) is 20.3 Å².